The van der Waals surface area contributed by atoms with Gasteiger partial charge in [0.2, 0.25) is 0 Å². The lowest BCUT2D eigenvalue weighted by Crippen LogP contribution is -2.51. The first-order valence-corrected chi connectivity index (χ1v) is 8.03. The van der Waals surface area contributed by atoms with Crippen molar-refractivity contribution in [3.8, 4) is 0 Å². The Morgan fingerprint density at radius 2 is 1.95 bits per heavy atom. The van der Waals surface area contributed by atoms with Gasteiger partial charge in [-0.25, -0.2) is 0 Å². The Labute approximate surface area is 125 Å². The summed E-state index contributed by atoms with van der Waals surface area (Å²) in [6.45, 7) is 0.787. The molecule has 114 valence electrons. The van der Waals surface area contributed by atoms with Crippen molar-refractivity contribution in [1.29, 1.82) is 0 Å². The van der Waals surface area contributed by atoms with Gasteiger partial charge < -0.3 is 10.0 Å². The van der Waals surface area contributed by atoms with Crippen LogP contribution in [0.3, 0.4) is 0 Å². The zero-order valence-corrected chi connectivity index (χ0v) is 12.3. The lowest BCUT2D eigenvalue weighted by atomic mass is 9.78. The van der Waals surface area contributed by atoms with E-state index in [9.17, 15) is 9.90 Å². The topological polar surface area (TPSA) is 66.3 Å². The highest BCUT2D eigenvalue weighted by Crippen LogP contribution is 2.34. The Hall–Kier alpha value is -1.49. The monoisotopic (exact) mass is 289 g/mol. The van der Waals surface area contributed by atoms with Gasteiger partial charge in [0.1, 0.15) is 0 Å². The molecule has 1 aromatic heterocycles. The largest absolute Gasteiger partial charge is 0.393 e. The number of aliphatic hydroxyl groups excluding tert-OH is 1. The molecule has 3 rings (SSSR count). The molecule has 1 aliphatic carbocycles. The number of hydrogen-bond donors (Lipinski definition) is 1. The Morgan fingerprint density at radius 1 is 1.14 bits per heavy atom. The van der Waals surface area contributed by atoms with E-state index in [2.05, 4.69) is 10.2 Å². The molecule has 0 aromatic carbocycles. The molecular weight excluding hydrogens is 266 g/mol. The summed E-state index contributed by atoms with van der Waals surface area (Å²) in [7, 11) is 0. The van der Waals surface area contributed by atoms with Crippen LogP contribution in [-0.2, 0) is 0 Å². The highest BCUT2D eigenvalue weighted by molar-refractivity contribution is 5.94. The standard InChI is InChI=1S/C16H23N3O2/c20-15-7-2-1-5-13(15)14-6-3-4-10-19(14)16(21)12-8-9-17-18-11-12/h8-9,11,13-15,20H,1-7,10H2. The first-order valence-electron chi connectivity index (χ1n) is 8.03. The molecule has 0 spiro atoms. The molecule has 2 heterocycles. The second-order valence-electron chi connectivity index (χ2n) is 6.21. The van der Waals surface area contributed by atoms with Gasteiger partial charge in [0.15, 0.2) is 0 Å². The molecule has 1 amide bonds. The van der Waals surface area contributed by atoms with Crippen molar-refractivity contribution in [1.82, 2.24) is 15.1 Å². The fourth-order valence-electron chi connectivity index (χ4n) is 3.83. The van der Waals surface area contributed by atoms with Crippen LogP contribution >= 0.6 is 0 Å². The molecule has 21 heavy (non-hydrogen) atoms. The molecular formula is C16H23N3O2. The van der Waals surface area contributed by atoms with E-state index in [0.29, 0.717) is 5.56 Å². The van der Waals surface area contributed by atoms with Crippen molar-refractivity contribution in [3.63, 3.8) is 0 Å². The number of nitrogens with zero attached hydrogens (tertiary/aromatic N) is 3. The predicted molar refractivity (Wildman–Crippen MR) is 78.7 cm³/mol. The summed E-state index contributed by atoms with van der Waals surface area (Å²) in [5, 5.41) is 17.9. The predicted octanol–water partition coefficient (Wildman–Crippen LogP) is 2.02. The van der Waals surface area contributed by atoms with Crippen LogP contribution in [0.1, 0.15) is 55.3 Å². The van der Waals surface area contributed by atoms with E-state index in [1.165, 1.54) is 6.20 Å². The maximum Gasteiger partial charge on any atom is 0.255 e. The lowest BCUT2D eigenvalue weighted by molar-refractivity contribution is -0.00130. The fourth-order valence-corrected chi connectivity index (χ4v) is 3.83. The van der Waals surface area contributed by atoms with Gasteiger partial charge in [-0.3, -0.25) is 4.79 Å². The van der Waals surface area contributed by atoms with E-state index >= 15 is 0 Å². The minimum Gasteiger partial charge on any atom is -0.393 e. The van der Waals surface area contributed by atoms with E-state index < -0.39 is 0 Å². The third-order valence-corrected chi connectivity index (χ3v) is 4.92. The maximum atomic E-state index is 12.7. The quantitative estimate of drug-likeness (QED) is 0.904. The fraction of sp³-hybridized carbons (Fsp3) is 0.688. The van der Waals surface area contributed by atoms with Crippen LogP contribution in [0.4, 0.5) is 0 Å². The van der Waals surface area contributed by atoms with Gasteiger partial charge in [-0.05, 0) is 38.2 Å². The molecule has 1 aromatic rings. The smallest absolute Gasteiger partial charge is 0.255 e. The molecule has 5 heteroatoms. The Kier molecular flexibility index (Phi) is 4.48. The second-order valence-corrected chi connectivity index (χ2v) is 6.21. The molecule has 1 saturated heterocycles. The van der Waals surface area contributed by atoms with Crippen LogP contribution in [0.15, 0.2) is 18.5 Å². The van der Waals surface area contributed by atoms with Gasteiger partial charge in [-0.1, -0.05) is 12.8 Å². The van der Waals surface area contributed by atoms with E-state index in [-0.39, 0.29) is 24.0 Å². The summed E-state index contributed by atoms with van der Waals surface area (Å²) in [5.74, 6) is 0.269. The molecule has 3 atom stereocenters. The Morgan fingerprint density at radius 3 is 2.71 bits per heavy atom. The van der Waals surface area contributed by atoms with Crippen LogP contribution in [-0.4, -0.2) is 44.8 Å². The van der Waals surface area contributed by atoms with Gasteiger partial charge in [-0.15, -0.1) is 0 Å². The highest BCUT2D eigenvalue weighted by Gasteiger charge is 2.37. The zero-order chi connectivity index (χ0) is 14.7. The van der Waals surface area contributed by atoms with Gasteiger partial charge in [0.05, 0.1) is 24.1 Å². The normalized spacial score (nSPS) is 30.1. The van der Waals surface area contributed by atoms with Crippen molar-refractivity contribution in [2.45, 2.75) is 57.1 Å². The number of carbonyl (C=O) groups is 1. The van der Waals surface area contributed by atoms with E-state index in [1.807, 2.05) is 4.90 Å². The number of aliphatic hydroxyl groups is 1. The number of hydrogen-bond acceptors (Lipinski definition) is 4. The third kappa shape index (κ3) is 3.07. The van der Waals surface area contributed by atoms with E-state index in [1.54, 1.807) is 12.3 Å². The van der Waals surface area contributed by atoms with Gasteiger partial charge >= 0.3 is 0 Å². The minimum absolute atomic E-state index is 0.0346. The van der Waals surface area contributed by atoms with Crippen LogP contribution in [0.2, 0.25) is 0 Å². The maximum absolute atomic E-state index is 12.7. The SMILES string of the molecule is O=C(c1ccnnc1)N1CCCCC1C1CCCCC1O. The van der Waals surface area contributed by atoms with Gasteiger partial charge in [-0.2, -0.15) is 10.2 Å². The van der Waals surface area contributed by atoms with Crippen LogP contribution in [0.5, 0.6) is 0 Å². The van der Waals surface area contributed by atoms with E-state index in [4.69, 9.17) is 0 Å². The summed E-state index contributed by atoms with van der Waals surface area (Å²) < 4.78 is 0. The van der Waals surface area contributed by atoms with E-state index in [0.717, 1.165) is 51.5 Å². The Balaban J connectivity index is 1.79. The van der Waals surface area contributed by atoms with Crippen molar-refractivity contribution in [2.24, 2.45) is 5.92 Å². The number of likely N-dealkylation sites (tertiary alicyclic amines) is 1. The number of amides is 1. The van der Waals surface area contributed by atoms with Crippen molar-refractivity contribution >= 4 is 5.91 Å². The molecule has 0 radical (unpaired) electrons. The molecule has 1 N–H and O–H groups in total. The number of aromatic nitrogens is 2. The first kappa shape index (κ1) is 14.4. The minimum atomic E-state index is -0.257. The summed E-state index contributed by atoms with van der Waals surface area (Å²) >= 11 is 0. The molecule has 1 aliphatic heterocycles. The molecule has 0 bridgehead atoms. The number of piperidine rings is 1. The molecule has 2 aliphatic rings. The summed E-state index contributed by atoms with van der Waals surface area (Å²) in [4.78, 5) is 14.7. The van der Waals surface area contributed by atoms with Gasteiger partial charge in [0, 0.05) is 18.5 Å². The average molecular weight is 289 g/mol. The summed E-state index contributed by atoms with van der Waals surface area (Å²) in [5.41, 5.74) is 0.599. The molecule has 2 fully saturated rings. The van der Waals surface area contributed by atoms with Crippen molar-refractivity contribution < 1.29 is 9.90 Å². The van der Waals surface area contributed by atoms with Crippen LogP contribution in [0, 0.1) is 5.92 Å². The summed E-state index contributed by atoms with van der Waals surface area (Å²) in [6.07, 6.45) is 10.2. The van der Waals surface area contributed by atoms with Crippen molar-refractivity contribution in [3.05, 3.63) is 24.0 Å². The zero-order valence-electron chi connectivity index (χ0n) is 12.3. The molecule has 5 nitrogen and oxygen atoms in total. The summed E-state index contributed by atoms with van der Waals surface area (Å²) in [6, 6.07) is 1.90. The third-order valence-electron chi connectivity index (χ3n) is 4.92. The second kappa shape index (κ2) is 6.52. The molecule has 3 unspecified atom stereocenters. The average Bonchev–Trinajstić information content (AvgIpc) is 2.55. The highest BCUT2D eigenvalue weighted by atomic mass is 16.3. The molecule has 1 saturated carbocycles. The van der Waals surface area contributed by atoms with Crippen LogP contribution in [0.25, 0.3) is 0 Å². The number of carbonyl (C=O) groups excluding carboxylic acids is 1. The van der Waals surface area contributed by atoms with Gasteiger partial charge in [0.25, 0.3) is 5.91 Å². The Bertz CT molecular complexity index is 480. The van der Waals surface area contributed by atoms with Crippen molar-refractivity contribution in [2.75, 3.05) is 6.54 Å². The lowest BCUT2D eigenvalue weighted by Gasteiger charge is -2.43. The number of rotatable bonds is 2. The first-order chi connectivity index (χ1) is 10.3. The van der Waals surface area contributed by atoms with Crippen LogP contribution < -0.4 is 0 Å².